The Balaban J connectivity index is 2.30. The molecule has 1 heterocycles. The maximum atomic E-state index is 6.05. The molecule has 0 fully saturated rings. The molecule has 2 aromatic rings. The molecule has 3 nitrogen and oxygen atoms in total. The van der Waals surface area contributed by atoms with Crippen molar-refractivity contribution in [3.63, 3.8) is 0 Å². The largest absolute Gasteiger partial charge is 0.489 e. The van der Waals surface area contributed by atoms with Crippen molar-refractivity contribution >= 4 is 17.0 Å². The Labute approximate surface area is 124 Å². The van der Waals surface area contributed by atoms with Crippen LogP contribution in [0.1, 0.15) is 40.3 Å². The SMILES string of the molecule is CC(C)Oc1ccc(-c2nc(C(C)(C)C)cs2)cc1N. The van der Waals surface area contributed by atoms with Gasteiger partial charge in [-0.2, -0.15) is 0 Å². The highest BCUT2D eigenvalue weighted by Crippen LogP contribution is 2.33. The first-order valence-corrected chi connectivity index (χ1v) is 7.68. The number of thiazole rings is 1. The normalized spacial score (nSPS) is 11.9. The molecule has 108 valence electrons. The Kier molecular flexibility index (Phi) is 4.04. The van der Waals surface area contributed by atoms with Crippen LogP contribution in [0.15, 0.2) is 23.6 Å². The van der Waals surface area contributed by atoms with Gasteiger partial charge < -0.3 is 10.5 Å². The third kappa shape index (κ3) is 3.31. The minimum atomic E-state index is 0.0704. The van der Waals surface area contributed by atoms with Gasteiger partial charge in [0.25, 0.3) is 0 Å². The number of nitrogens with two attached hydrogens (primary N) is 1. The fraction of sp³-hybridized carbons (Fsp3) is 0.438. The second-order valence-corrected chi connectivity index (χ2v) is 7.07. The van der Waals surface area contributed by atoms with E-state index in [1.165, 1.54) is 0 Å². The highest BCUT2D eigenvalue weighted by atomic mass is 32.1. The second-order valence-electron chi connectivity index (χ2n) is 6.21. The molecule has 4 heteroatoms. The molecule has 2 rings (SSSR count). The molecule has 1 aromatic carbocycles. The summed E-state index contributed by atoms with van der Waals surface area (Å²) in [4.78, 5) is 4.71. The topological polar surface area (TPSA) is 48.1 Å². The summed E-state index contributed by atoms with van der Waals surface area (Å²) in [7, 11) is 0. The fourth-order valence-corrected chi connectivity index (χ4v) is 2.84. The number of nitrogen functional groups attached to an aromatic ring is 1. The predicted molar refractivity (Wildman–Crippen MR) is 86.4 cm³/mol. The van der Waals surface area contributed by atoms with E-state index in [1.807, 2.05) is 32.0 Å². The van der Waals surface area contributed by atoms with Gasteiger partial charge in [-0.05, 0) is 32.0 Å². The molecule has 0 atom stereocenters. The number of rotatable bonds is 3. The summed E-state index contributed by atoms with van der Waals surface area (Å²) in [5, 5.41) is 3.11. The molecule has 0 aliphatic carbocycles. The van der Waals surface area contributed by atoms with Gasteiger partial charge in [-0.25, -0.2) is 4.98 Å². The standard InChI is InChI=1S/C16H22N2OS/c1-10(2)19-13-7-6-11(8-12(13)17)15-18-14(9-20-15)16(3,4)5/h6-10H,17H2,1-5H3. The van der Waals surface area contributed by atoms with Gasteiger partial charge >= 0.3 is 0 Å². The summed E-state index contributed by atoms with van der Waals surface area (Å²) >= 11 is 1.65. The summed E-state index contributed by atoms with van der Waals surface area (Å²) < 4.78 is 5.65. The van der Waals surface area contributed by atoms with E-state index in [0.717, 1.165) is 22.0 Å². The maximum Gasteiger partial charge on any atom is 0.142 e. The summed E-state index contributed by atoms with van der Waals surface area (Å²) in [5.74, 6) is 0.733. The molecule has 0 radical (unpaired) electrons. The summed E-state index contributed by atoms with van der Waals surface area (Å²) in [6.45, 7) is 10.5. The lowest BCUT2D eigenvalue weighted by molar-refractivity contribution is 0.244. The Hall–Kier alpha value is -1.55. The van der Waals surface area contributed by atoms with E-state index >= 15 is 0 Å². The van der Waals surface area contributed by atoms with Crippen LogP contribution in [0, 0.1) is 0 Å². The Morgan fingerprint density at radius 1 is 1.25 bits per heavy atom. The molecule has 0 unspecified atom stereocenters. The van der Waals surface area contributed by atoms with Crippen molar-refractivity contribution < 1.29 is 4.74 Å². The third-order valence-electron chi connectivity index (χ3n) is 2.89. The van der Waals surface area contributed by atoms with E-state index in [1.54, 1.807) is 11.3 Å². The van der Waals surface area contributed by atoms with Gasteiger partial charge in [0, 0.05) is 16.4 Å². The molecule has 0 bridgehead atoms. The molecule has 2 N–H and O–H groups in total. The van der Waals surface area contributed by atoms with Crippen LogP contribution in [0.3, 0.4) is 0 Å². The Bertz CT molecular complexity index is 597. The minimum absolute atomic E-state index is 0.0704. The number of hydrogen-bond acceptors (Lipinski definition) is 4. The smallest absolute Gasteiger partial charge is 0.142 e. The van der Waals surface area contributed by atoms with E-state index in [-0.39, 0.29) is 11.5 Å². The lowest BCUT2D eigenvalue weighted by atomic mass is 9.93. The Morgan fingerprint density at radius 3 is 2.45 bits per heavy atom. The second kappa shape index (κ2) is 5.44. The highest BCUT2D eigenvalue weighted by molar-refractivity contribution is 7.13. The fourth-order valence-electron chi connectivity index (χ4n) is 1.79. The van der Waals surface area contributed by atoms with Gasteiger partial charge in [0.05, 0.1) is 17.5 Å². The van der Waals surface area contributed by atoms with Crippen molar-refractivity contribution in [3.8, 4) is 16.3 Å². The number of ether oxygens (including phenoxy) is 1. The zero-order chi connectivity index (χ0) is 14.9. The molecule has 0 aliphatic rings. The molecule has 0 saturated heterocycles. The number of hydrogen-bond donors (Lipinski definition) is 1. The minimum Gasteiger partial charge on any atom is -0.489 e. The first-order chi connectivity index (χ1) is 9.27. The van der Waals surface area contributed by atoms with Crippen molar-refractivity contribution in [1.29, 1.82) is 0 Å². The predicted octanol–water partition coefficient (Wildman–Crippen LogP) is 4.48. The van der Waals surface area contributed by atoms with E-state index in [4.69, 9.17) is 15.5 Å². The molecular weight excluding hydrogens is 268 g/mol. The van der Waals surface area contributed by atoms with Crippen LogP contribution in [0.25, 0.3) is 10.6 Å². The van der Waals surface area contributed by atoms with Gasteiger partial charge in [0.15, 0.2) is 0 Å². The average molecular weight is 290 g/mol. The van der Waals surface area contributed by atoms with Crippen molar-refractivity contribution in [2.75, 3.05) is 5.73 Å². The van der Waals surface area contributed by atoms with Gasteiger partial charge in [0.1, 0.15) is 10.8 Å². The molecule has 0 saturated carbocycles. The quantitative estimate of drug-likeness (QED) is 0.848. The van der Waals surface area contributed by atoms with Crippen LogP contribution in [0.4, 0.5) is 5.69 Å². The van der Waals surface area contributed by atoms with Crippen LogP contribution >= 0.6 is 11.3 Å². The van der Waals surface area contributed by atoms with E-state index in [9.17, 15) is 0 Å². The molecule has 0 spiro atoms. The molecule has 1 aromatic heterocycles. The highest BCUT2D eigenvalue weighted by Gasteiger charge is 2.18. The first kappa shape index (κ1) is 14.9. The summed E-state index contributed by atoms with van der Waals surface area (Å²) in [6.07, 6.45) is 0.121. The zero-order valence-corrected chi connectivity index (χ0v) is 13.5. The van der Waals surface area contributed by atoms with Crippen LogP contribution in [-0.4, -0.2) is 11.1 Å². The third-order valence-corrected chi connectivity index (χ3v) is 3.78. The van der Waals surface area contributed by atoms with Crippen molar-refractivity contribution in [3.05, 3.63) is 29.3 Å². The monoisotopic (exact) mass is 290 g/mol. The molecule has 0 amide bonds. The van der Waals surface area contributed by atoms with Crippen molar-refractivity contribution in [2.45, 2.75) is 46.1 Å². The lowest BCUT2D eigenvalue weighted by Gasteiger charge is -2.14. The van der Waals surface area contributed by atoms with Crippen LogP contribution in [0.5, 0.6) is 5.75 Å². The number of benzene rings is 1. The molecular formula is C16H22N2OS. The van der Waals surface area contributed by atoms with Crippen LogP contribution in [0.2, 0.25) is 0 Å². The number of anilines is 1. The molecule has 20 heavy (non-hydrogen) atoms. The zero-order valence-electron chi connectivity index (χ0n) is 12.7. The summed E-state index contributed by atoms with van der Waals surface area (Å²) in [6, 6.07) is 5.87. The van der Waals surface area contributed by atoms with Gasteiger partial charge in [0.2, 0.25) is 0 Å². The van der Waals surface area contributed by atoms with Gasteiger partial charge in [-0.3, -0.25) is 0 Å². The van der Waals surface area contributed by atoms with E-state index in [2.05, 4.69) is 26.2 Å². The Morgan fingerprint density at radius 2 is 1.95 bits per heavy atom. The molecule has 0 aliphatic heterocycles. The van der Waals surface area contributed by atoms with Crippen LogP contribution in [-0.2, 0) is 5.41 Å². The lowest BCUT2D eigenvalue weighted by Crippen LogP contribution is -2.11. The maximum absolute atomic E-state index is 6.05. The van der Waals surface area contributed by atoms with E-state index in [0.29, 0.717) is 5.69 Å². The van der Waals surface area contributed by atoms with Crippen molar-refractivity contribution in [1.82, 2.24) is 4.98 Å². The summed E-state index contributed by atoms with van der Waals surface area (Å²) in [5.41, 5.74) is 8.93. The average Bonchev–Trinajstić information content (AvgIpc) is 2.80. The van der Waals surface area contributed by atoms with Gasteiger partial charge in [-0.15, -0.1) is 11.3 Å². The number of aromatic nitrogens is 1. The van der Waals surface area contributed by atoms with Crippen molar-refractivity contribution in [2.24, 2.45) is 0 Å². The van der Waals surface area contributed by atoms with Crippen LogP contribution < -0.4 is 10.5 Å². The number of nitrogens with zero attached hydrogens (tertiary/aromatic N) is 1. The first-order valence-electron chi connectivity index (χ1n) is 6.80. The van der Waals surface area contributed by atoms with E-state index < -0.39 is 0 Å². The van der Waals surface area contributed by atoms with Gasteiger partial charge in [-0.1, -0.05) is 20.8 Å².